The predicted octanol–water partition coefficient (Wildman–Crippen LogP) is 2.34. The monoisotopic (exact) mass is 308 g/mol. The minimum absolute atomic E-state index is 0.0702. The fraction of sp³-hybridized carbons (Fsp3) is 0.500. The number of aromatic nitrogens is 2. The molecule has 2 heterocycles. The quantitative estimate of drug-likeness (QED) is 0.916. The van der Waals surface area contributed by atoms with Crippen LogP contribution in [0.2, 0.25) is 0 Å². The van der Waals surface area contributed by atoms with Crippen LogP contribution in [0.5, 0.6) is 0 Å². The highest BCUT2D eigenvalue weighted by Crippen LogP contribution is 2.23. The van der Waals surface area contributed by atoms with E-state index in [2.05, 4.69) is 35.9 Å². The number of hydrogen-bond acceptors (Lipinski definition) is 6. The third kappa shape index (κ3) is 4.12. The van der Waals surface area contributed by atoms with Gasteiger partial charge in [-0.2, -0.15) is 0 Å². The number of primary amides is 1. The Labute approximate surface area is 128 Å². The zero-order valence-corrected chi connectivity index (χ0v) is 13.5. The summed E-state index contributed by atoms with van der Waals surface area (Å²) in [6.07, 6.45) is 0. The number of rotatable bonds is 5. The number of carbonyl (C=O) groups excluding carboxylic acids is 1. The van der Waals surface area contributed by atoms with Crippen molar-refractivity contribution in [3.05, 3.63) is 33.7 Å². The Kier molecular flexibility index (Phi) is 4.43. The van der Waals surface area contributed by atoms with Crippen LogP contribution in [0.4, 0.5) is 0 Å². The summed E-state index contributed by atoms with van der Waals surface area (Å²) in [5.41, 5.74) is 5.77. The molecule has 2 rings (SSSR count). The largest absolute Gasteiger partial charge is 0.424 e. The van der Waals surface area contributed by atoms with E-state index in [1.54, 1.807) is 12.3 Å². The molecule has 6 nitrogen and oxygen atoms in total. The van der Waals surface area contributed by atoms with Crippen molar-refractivity contribution < 1.29 is 9.21 Å². The minimum atomic E-state index is -0.396. The van der Waals surface area contributed by atoms with Gasteiger partial charge >= 0.3 is 0 Å². The Hall–Kier alpha value is -1.73. The maximum atomic E-state index is 11.2. The molecule has 2 N–H and O–H groups in total. The average molecular weight is 308 g/mol. The maximum absolute atomic E-state index is 11.2. The van der Waals surface area contributed by atoms with E-state index >= 15 is 0 Å². The minimum Gasteiger partial charge on any atom is -0.424 e. The van der Waals surface area contributed by atoms with Gasteiger partial charge in [0, 0.05) is 29.3 Å². The molecular formula is C14H20N4O2S. The summed E-state index contributed by atoms with van der Waals surface area (Å²) >= 11 is 1.53. The van der Waals surface area contributed by atoms with Gasteiger partial charge in [0.2, 0.25) is 17.7 Å². The first-order chi connectivity index (χ1) is 9.75. The normalized spacial score (nSPS) is 12.0. The molecule has 7 heteroatoms. The molecule has 2 aromatic rings. The molecule has 0 saturated carbocycles. The van der Waals surface area contributed by atoms with E-state index < -0.39 is 5.91 Å². The van der Waals surface area contributed by atoms with Crippen LogP contribution < -0.4 is 5.73 Å². The van der Waals surface area contributed by atoms with E-state index in [1.807, 2.05) is 6.07 Å². The summed E-state index contributed by atoms with van der Waals surface area (Å²) in [6.45, 7) is 9.41. The van der Waals surface area contributed by atoms with Crippen molar-refractivity contribution in [2.45, 2.75) is 46.3 Å². The van der Waals surface area contributed by atoms with Crippen LogP contribution in [0.1, 0.15) is 47.8 Å². The molecule has 0 aromatic carbocycles. The van der Waals surface area contributed by atoms with Crippen molar-refractivity contribution in [2.24, 2.45) is 5.73 Å². The summed E-state index contributed by atoms with van der Waals surface area (Å²) in [6, 6.07) is 1.84. The van der Waals surface area contributed by atoms with Gasteiger partial charge < -0.3 is 10.2 Å². The number of nitrogens with zero attached hydrogens (tertiary/aromatic N) is 3. The first kappa shape index (κ1) is 15.7. The lowest BCUT2D eigenvalue weighted by molar-refractivity contribution is 0.0999. The Morgan fingerprint density at radius 2 is 2.10 bits per heavy atom. The van der Waals surface area contributed by atoms with E-state index in [4.69, 9.17) is 10.2 Å². The van der Waals surface area contributed by atoms with Gasteiger partial charge in [-0.15, -0.1) is 21.5 Å². The fourth-order valence-electron chi connectivity index (χ4n) is 1.88. The highest BCUT2D eigenvalue weighted by molar-refractivity contribution is 7.10. The molecule has 0 bridgehead atoms. The van der Waals surface area contributed by atoms with E-state index in [9.17, 15) is 4.79 Å². The molecule has 2 aromatic heterocycles. The van der Waals surface area contributed by atoms with Crippen LogP contribution in [0.15, 0.2) is 15.9 Å². The van der Waals surface area contributed by atoms with Crippen LogP contribution in [-0.2, 0) is 13.1 Å². The van der Waals surface area contributed by atoms with Gasteiger partial charge in [0.15, 0.2) is 0 Å². The van der Waals surface area contributed by atoms with Crippen LogP contribution in [-0.4, -0.2) is 26.5 Å². The van der Waals surface area contributed by atoms with E-state index in [-0.39, 0.29) is 5.54 Å². The molecule has 0 radical (unpaired) electrons. The molecular weight excluding hydrogens is 288 g/mol. The lowest BCUT2D eigenvalue weighted by Crippen LogP contribution is -2.40. The van der Waals surface area contributed by atoms with Gasteiger partial charge in [0.25, 0.3) is 0 Å². The molecule has 0 fully saturated rings. The second-order valence-corrected chi connectivity index (χ2v) is 6.90. The summed E-state index contributed by atoms with van der Waals surface area (Å²) < 4.78 is 5.46. The Balaban J connectivity index is 2.14. The highest BCUT2D eigenvalue weighted by Gasteiger charge is 2.24. The Morgan fingerprint density at radius 3 is 2.57 bits per heavy atom. The summed E-state index contributed by atoms with van der Waals surface area (Å²) in [5, 5.41) is 9.69. The molecule has 0 unspecified atom stereocenters. The topological polar surface area (TPSA) is 85.3 Å². The second-order valence-electron chi connectivity index (χ2n) is 5.91. The molecule has 21 heavy (non-hydrogen) atoms. The van der Waals surface area contributed by atoms with Crippen molar-refractivity contribution >= 4 is 17.2 Å². The van der Waals surface area contributed by atoms with Crippen molar-refractivity contribution in [3.8, 4) is 0 Å². The standard InChI is InChI=1S/C14H20N4O2S/c1-9-16-17-12(20-9)7-18(14(2,3)4)6-11-5-10(8-21-11)13(15)19/h5,8H,6-7H2,1-4H3,(H2,15,19). The number of aryl methyl sites for hydroxylation is 1. The maximum Gasteiger partial charge on any atom is 0.249 e. The molecule has 0 aliphatic carbocycles. The number of hydrogen-bond donors (Lipinski definition) is 1. The lowest BCUT2D eigenvalue weighted by Gasteiger charge is -2.34. The predicted molar refractivity (Wildman–Crippen MR) is 80.9 cm³/mol. The Morgan fingerprint density at radius 1 is 1.38 bits per heavy atom. The first-order valence-electron chi connectivity index (χ1n) is 6.67. The average Bonchev–Trinajstić information content (AvgIpc) is 2.96. The molecule has 0 aliphatic rings. The van der Waals surface area contributed by atoms with Crippen molar-refractivity contribution in [1.82, 2.24) is 15.1 Å². The van der Waals surface area contributed by atoms with Gasteiger partial charge in [-0.1, -0.05) is 0 Å². The van der Waals surface area contributed by atoms with Crippen LogP contribution in [0.25, 0.3) is 0 Å². The smallest absolute Gasteiger partial charge is 0.249 e. The van der Waals surface area contributed by atoms with E-state index in [1.165, 1.54) is 11.3 Å². The van der Waals surface area contributed by atoms with Crippen LogP contribution >= 0.6 is 11.3 Å². The number of amides is 1. The van der Waals surface area contributed by atoms with Gasteiger partial charge in [-0.05, 0) is 26.8 Å². The first-order valence-corrected chi connectivity index (χ1v) is 7.55. The lowest BCUT2D eigenvalue weighted by atomic mass is 10.1. The molecule has 0 saturated heterocycles. The molecule has 114 valence electrons. The number of nitrogens with two attached hydrogens (primary N) is 1. The summed E-state index contributed by atoms with van der Waals surface area (Å²) in [7, 11) is 0. The van der Waals surface area contributed by atoms with E-state index in [0.29, 0.717) is 30.4 Å². The van der Waals surface area contributed by atoms with Crippen LogP contribution in [0, 0.1) is 6.92 Å². The van der Waals surface area contributed by atoms with Gasteiger partial charge in [-0.25, -0.2) is 0 Å². The second kappa shape index (κ2) is 5.95. The van der Waals surface area contributed by atoms with E-state index in [0.717, 1.165) is 4.88 Å². The van der Waals surface area contributed by atoms with Crippen molar-refractivity contribution in [1.29, 1.82) is 0 Å². The van der Waals surface area contributed by atoms with Crippen molar-refractivity contribution in [2.75, 3.05) is 0 Å². The fourth-order valence-corrected chi connectivity index (χ4v) is 2.76. The number of thiophene rings is 1. The van der Waals surface area contributed by atoms with Crippen LogP contribution in [0.3, 0.4) is 0 Å². The summed E-state index contributed by atoms with van der Waals surface area (Å²) in [4.78, 5) is 14.5. The molecule has 0 spiro atoms. The van der Waals surface area contributed by atoms with Gasteiger partial charge in [0.05, 0.1) is 12.1 Å². The third-order valence-corrected chi connectivity index (χ3v) is 4.05. The van der Waals surface area contributed by atoms with Gasteiger partial charge in [-0.3, -0.25) is 9.69 Å². The summed E-state index contributed by atoms with van der Waals surface area (Å²) in [5.74, 6) is 0.757. The zero-order chi connectivity index (χ0) is 15.6. The third-order valence-electron chi connectivity index (χ3n) is 3.13. The highest BCUT2D eigenvalue weighted by atomic mass is 32.1. The SMILES string of the molecule is Cc1nnc(CN(Cc2cc(C(N)=O)cs2)C(C)(C)C)o1. The molecule has 1 amide bonds. The molecule has 0 aliphatic heterocycles. The zero-order valence-electron chi connectivity index (χ0n) is 12.7. The number of carbonyl (C=O) groups is 1. The van der Waals surface area contributed by atoms with Gasteiger partial charge in [0.1, 0.15) is 0 Å². The van der Waals surface area contributed by atoms with Crippen molar-refractivity contribution in [3.63, 3.8) is 0 Å². The molecule has 0 atom stereocenters. The Bertz CT molecular complexity index is 627.